The van der Waals surface area contributed by atoms with Gasteiger partial charge in [-0.1, -0.05) is 36.4 Å². The van der Waals surface area contributed by atoms with Crippen molar-refractivity contribution in [3.8, 4) is 0 Å². The standard InChI is InChI=1S/C6H6.C4H8O2.H3N.H2O/c1-2-4-6-5-3-1;1-4(6)2-3-5;;/h1-6H;5H,2-3H2,1H3;1H3;1H2. The quantitative estimate of drug-likeness (QED) is 0.745. The molecule has 4 nitrogen and oxygen atoms in total. The Morgan fingerprint density at radius 3 is 1.43 bits per heavy atom. The topological polar surface area (TPSA) is 104 Å². The first-order valence-corrected chi connectivity index (χ1v) is 3.87. The molecule has 0 heterocycles. The lowest BCUT2D eigenvalue weighted by Gasteiger charge is -1.80. The third kappa shape index (κ3) is 17.0. The smallest absolute Gasteiger partial charge is 0.132 e. The number of hydrogen-bond acceptors (Lipinski definition) is 3. The Morgan fingerprint density at radius 2 is 1.36 bits per heavy atom. The van der Waals surface area contributed by atoms with Crippen LogP contribution in [0.3, 0.4) is 0 Å². The number of aliphatic hydroxyl groups is 1. The summed E-state index contributed by atoms with van der Waals surface area (Å²) in [5.74, 6) is 0.0394. The molecule has 1 aromatic rings. The van der Waals surface area contributed by atoms with Crippen molar-refractivity contribution in [3.63, 3.8) is 0 Å². The molecule has 0 fully saturated rings. The fourth-order valence-electron chi connectivity index (χ4n) is 0.542. The molecule has 0 unspecified atom stereocenters. The molecular formula is C10H19NO3. The average molecular weight is 201 g/mol. The average Bonchev–Trinajstić information content (AvgIpc) is 2.08. The first-order valence-electron chi connectivity index (χ1n) is 3.87. The fourth-order valence-corrected chi connectivity index (χ4v) is 0.542. The first kappa shape index (κ1) is 18.5. The summed E-state index contributed by atoms with van der Waals surface area (Å²) in [4.78, 5) is 9.88. The lowest BCUT2D eigenvalue weighted by atomic mass is 10.3. The number of aliphatic hydroxyl groups excluding tert-OH is 1. The lowest BCUT2D eigenvalue weighted by Crippen LogP contribution is -1.92. The summed E-state index contributed by atoms with van der Waals surface area (Å²) >= 11 is 0. The lowest BCUT2D eigenvalue weighted by molar-refractivity contribution is -0.117. The summed E-state index contributed by atoms with van der Waals surface area (Å²) in [5, 5.41) is 8.02. The monoisotopic (exact) mass is 201 g/mol. The molecule has 0 aromatic heterocycles. The molecule has 1 aromatic carbocycles. The van der Waals surface area contributed by atoms with E-state index in [9.17, 15) is 4.79 Å². The Balaban J connectivity index is -0.000000151. The highest BCUT2D eigenvalue weighted by atomic mass is 16.3. The Kier molecular flexibility index (Phi) is 18.9. The molecular weight excluding hydrogens is 182 g/mol. The van der Waals surface area contributed by atoms with Crippen molar-refractivity contribution in [1.82, 2.24) is 6.15 Å². The molecule has 0 saturated carbocycles. The van der Waals surface area contributed by atoms with Gasteiger partial charge in [-0.15, -0.1) is 0 Å². The number of rotatable bonds is 2. The van der Waals surface area contributed by atoms with E-state index in [1.165, 1.54) is 6.92 Å². The second kappa shape index (κ2) is 14.3. The van der Waals surface area contributed by atoms with Gasteiger partial charge in [0.1, 0.15) is 5.78 Å². The van der Waals surface area contributed by atoms with Crippen LogP contribution in [0.2, 0.25) is 0 Å². The third-order valence-electron chi connectivity index (χ3n) is 1.13. The normalized spacial score (nSPS) is 7.00. The molecule has 0 amide bonds. The van der Waals surface area contributed by atoms with Crippen molar-refractivity contribution in [2.75, 3.05) is 6.61 Å². The minimum atomic E-state index is -0.0185. The highest BCUT2D eigenvalue weighted by molar-refractivity contribution is 5.75. The summed E-state index contributed by atoms with van der Waals surface area (Å²) in [6.45, 7) is 1.44. The van der Waals surface area contributed by atoms with Gasteiger partial charge < -0.3 is 16.7 Å². The van der Waals surface area contributed by atoms with Crippen LogP contribution in [0.15, 0.2) is 36.4 Å². The number of benzene rings is 1. The maximum atomic E-state index is 9.88. The van der Waals surface area contributed by atoms with Crippen LogP contribution < -0.4 is 6.15 Å². The van der Waals surface area contributed by atoms with E-state index in [-0.39, 0.29) is 24.0 Å². The Hall–Kier alpha value is -1.23. The van der Waals surface area contributed by atoms with Crippen molar-refractivity contribution in [2.24, 2.45) is 0 Å². The van der Waals surface area contributed by atoms with Gasteiger partial charge in [-0.2, -0.15) is 0 Å². The fraction of sp³-hybridized carbons (Fsp3) is 0.300. The minimum absolute atomic E-state index is 0. The highest BCUT2D eigenvalue weighted by Crippen LogP contribution is 1.79. The first-order chi connectivity index (χ1) is 5.77. The SMILES string of the molecule is CC(=O)CCO.N.O.c1ccccc1. The summed E-state index contributed by atoms with van der Waals surface area (Å²) in [6, 6.07) is 12.0. The molecule has 0 radical (unpaired) electrons. The Labute approximate surface area is 84.5 Å². The van der Waals surface area contributed by atoms with E-state index in [1.807, 2.05) is 36.4 Å². The Morgan fingerprint density at radius 1 is 1.07 bits per heavy atom. The number of hydrogen-bond donors (Lipinski definition) is 2. The third-order valence-corrected chi connectivity index (χ3v) is 1.13. The van der Waals surface area contributed by atoms with E-state index in [0.717, 1.165) is 0 Å². The van der Waals surface area contributed by atoms with Gasteiger partial charge in [0.2, 0.25) is 0 Å². The van der Waals surface area contributed by atoms with Crippen molar-refractivity contribution < 1.29 is 15.4 Å². The zero-order valence-corrected chi connectivity index (χ0v) is 8.44. The van der Waals surface area contributed by atoms with E-state index >= 15 is 0 Å². The molecule has 1 rings (SSSR count). The molecule has 82 valence electrons. The van der Waals surface area contributed by atoms with Crippen LogP contribution in [0.5, 0.6) is 0 Å². The maximum absolute atomic E-state index is 9.88. The largest absolute Gasteiger partial charge is 0.412 e. The molecule has 14 heavy (non-hydrogen) atoms. The second-order valence-electron chi connectivity index (χ2n) is 2.33. The van der Waals surface area contributed by atoms with Crippen molar-refractivity contribution in [2.45, 2.75) is 13.3 Å². The predicted molar refractivity (Wildman–Crippen MR) is 57.5 cm³/mol. The molecule has 0 aliphatic carbocycles. The summed E-state index contributed by atoms with van der Waals surface area (Å²) in [7, 11) is 0. The molecule has 0 spiro atoms. The van der Waals surface area contributed by atoms with Crippen LogP contribution in [0, 0.1) is 0 Å². The number of ketones is 1. The van der Waals surface area contributed by atoms with Crippen molar-refractivity contribution >= 4 is 5.78 Å². The zero-order chi connectivity index (χ0) is 9.23. The van der Waals surface area contributed by atoms with Crippen LogP contribution >= 0.6 is 0 Å². The maximum Gasteiger partial charge on any atom is 0.132 e. The summed E-state index contributed by atoms with van der Waals surface area (Å²) < 4.78 is 0. The number of carbonyl (C=O) groups is 1. The summed E-state index contributed by atoms with van der Waals surface area (Å²) in [5.41, 5.74) is 0. The van der Waals surface area contributed by atoms with Crippen LogP contribution in [-0.2, 0) is 4.79 Å². The van der Waals surface area contributed by atoms with Gasteiger partial charge in [0.15, 0.2) is 0 Å². The van der Waals surface area contributed by atoms with Gasteiger partial charge in [-0.3, -0.25) is 4.79 Å². The van der Waals surface area contributed by atoms with E-state index in [2.05, 4.69) is 0 Å². The molecule has 0 aliphatic rings. The van der Waals surface area contributed by atoms with Gasteiger partial charge >= 0.3 is 0 Å². The zero-order valence-electron chi connectivity index (χ0n) is 8.44. The van der Waals surface area contributed by atoms with E-state index < -0.39 is 0 Å². The van der Waals surface area contributed by atoms with Crippen LogP contribution in [0.4, 0.5) is 0 Å². The van der Waals surface area contributed by atoms with E-state index in [0.29, 0.717) is 6.42 Å². The van der Waals surface area contributed by atoms with E-state index in [1.54, 1.807) is 0 Å². The molecule has 0 bridgehead atoms. The van der Waals surface area contributed by atoms with Gasteiger partial charge in [0.05, 0.1) is 0 Å². The molecule has 0 atom stereocenters. The second-order valence-corrected chi connectivity index (χ2v) is 2.33. The van der Waals surface area contributed by atoms with Crippen LogP contribution in [0.25, 0.3) is 0 Å². The minimum Gasteiger partial charge on any atom is -0.412 e. The van der Waals surface area contributed by atoms with Crippen molar-refractivity contribution in [1.29, 1.82) is 0 Å². The van der Waals surface area contributed by atoms with Crippen molar-refractivity contribution in [3.05, 3.63) is 36.4 Å². The Bertz CT molecular complexity index is 175. The molecule has 4 heteroatoms. The molecule has 0 aliphatic heterocycles. The van der Waals surface area contributed by atoms with Gasteiger partial charge in [0.25, 0.3) is 0 Å². The highest BCUT2D eigenvalue weighted by Gasteiger charge is 1.84. The number of Topliss-reactive ketones (excluding diaryl/α,β-unsaturated/α-hetero) is 1. The molecule has 6 N–H and O–H groups in total. The van der Waals surface area contributed by atoms with Gasteiger partial charge in [-0.25, -0.2) is 0 Å². The predicted octanol–water partition coefficient (Wildman–Crippen LogP) is 0.982. The molecule has 0 saturated heterocycles. The van der Waals surface area contributed by atoms with Crippen LogP contribution in [0.1, 0.15) is 13.3 Å². The van der Waals surface area contributed by atoms with Gasteiger partial charge in [-0.05, 0) is 6.92 Å². The summed E-state index contributed by atoms with van der Waals surface area (Å²) in [6.07, 6.45) is 0.292. The number of carbonyl (C=O) groups excluding carboxylic acids is 1. The van der Waals surface area contributed by atoms with Crippen LogP contribution in [-0.4, -0.2) is 23.0 Å². The van der Waals surface area contributed by atoms with Gasteiger partial charge in [0, 0.05) is 13.0 Å². The van der Waals surface area contributed by atoms with E-state index in [4.69, 9.17) is 5.11 Å².